The topological polar surface area (TPSA) is 49.7 Å². The smallest absolute Gasteiger partial charge is 0.453 e. The SMILES string of the molecule is CC12CCC3c4ccc(O)cc4CC(CCCCCCCCCSOCCCC(F)(F)C(F)(F)F)C3C1CCC2O. The summed E-state index contributed by atoms with van der Waals surface area (Å²) in [6.07, 6.45) is 7.11. The number of phenolic OH excluding ortho intramolecular Hbond substituents is 1. The van der Waals surface area contributed by atoms with Crippen molar-refractivity contribution in [3.63, 3.8) is 0 Å². The van der Waals surface area contributed by atoms with Gasteiger partial charge in [-0.2, -0.15) is 22.0 Å². The standard InChI is InChI=1S/C32H47F5O3S/c1-30-17-15-26-25-12-11-24(38)21-23(25)20-22(29(26)27(30)13-14-28(30)39)10-7-5-3-2-4-6-8-19-41-40-18-9-16-31(33,34)32(35,36)37/h11-12,21-22,26-29,38-39H,2-10,13-20H2,1H3. The quantitative estimate of drug-likeness (QED) is 0.119. The van der Waals surface area contributed by atoms with Gasteiger partial charge in [-0.05, 0) is 116 Å². The van der Waals surface area contributed by atoms with E-state index in [4.69, 9.17) is 4.18 Å². The van der Waals surface area contributed by atoms with Gasteiger partial charge in [-0.1, -0.05) is 51.5 Å². The minimum absolute atomic E-state index is 0.0406. The Morgan fingerprint density at radius 2 is 1.66 bits per heavy atom. The summed E-state index contributed by atoms with van der Waals surface area (Å²) in [7, 11) is 0. The second-order valence-corrected chi connectivity index (χ2v) is 13.9. The average molecular weight is 607 g/mol. The van der Waals surface area contributed by atoms with E-state index in [1.807, 2.05) is 12.1 Å². The third-order valence-corrected chi connectivity index (χ3v) is 11.1. The molecule has 3 aliphatic carbocycles. The van der Waals surface area contributed by atoms with Crippen LogP contribution >= 0.6 is 12.0 Å². The molecule has 6 atom stereocenters. The minimum atomic E-state index is -5.49. The molecule has 234 valence electrons. The lowest BCUT2D eigenvalue weighted by molar-refractivity contribution is -0.284. The van der Waals surface area contributed by atoms with E-state index in [-0.39, 0.29) is 24.5 Å². The number of phenols is 1. The van der Waals surface area contributed by atoms with Gasteiger partial charge in [0, 0.05) is 12.2 Å². The van der Waals surface area contributed by atoms with Crippen molar-refractivity contribution in [2.45, 2.75) is 127 Å². The molecule has 1 aromatic carbocycles. The molecule has 41 heavy (non-hydrogen) atoms. The van der Waals surface area contributed by atoms with E-state index in [0.29, 0.717) is 35.2 Å². The second kappa shape index (κ2) is 14.1. The van der Waals surface area contributed by atoms with E-state index < -0.39 is 18.5 Å². The van der Waals surface area contributed by atoms with Crippen molar-refractivity contribution >= 4 is 12.0 Å². The molecule has 0 heterocycles. The number of fused-ring (bicyclic) bond motifs is 5. The van der Waals surface area contributed by atoms with Crippen LogP contribution in [0.5, 0.6) is 5.75 Å². The van der Waals surface area contributed by atoms with Gasteiger partial charge in [0.1, 0.15) is 5.75 Å². The normalized spacial score (nSPS) is 29.7. The van der Waals surface area contributed by atoms with Crippen LogP contribution in [0.3, 0.4) is 0 Å². The van der Waals surface area contributed by atoms with E-state index in [0.717, 1.165) is 63.4 Å². The van der Waals surface area contributed by atoms with Crippen molar-refractivity contribution in [2.75, 3.05) is 12.4 Å². The van der Waals surface area contributed by atoms with E-state index >= 15 is 0 Å². The van der Waals surface area contributed by atoms with Crippen molar-refractivity contribution in [3.8, 4) is 5.75 Å². The van der Waals surface area contributed by atoms with Crippen LogP contribution in [0.15, 0.2) is 18.2 Å². The summed E-state index contributed by atoms with van der Waals surface area (Å²) in [4.78, 5) is 0. The Balaban J connectivity index is 1.11. The van der Waals surface area contributed by atoms with E-state index in [1.54, 1.807) is 0 Å². The lowest BCUT2D eigenvalue weighted by atomic mass is 9.52. The van der Waals surface area contributed by atoms with Gasteiger partial charge >= 0.3 is 12.1 Å². The number of rotatable bonds is 15. The molecule has 0 spiro atoms. The third-order valence-electron chi connectivity index (χ3n) is 10.4. The van der Waals surface area contributed by atoms with Gasteiger partial charge in [-0.3, -0.25) is 0 Å². The van der Waals surface area contributed by atoms with Gasteiger partial charge in [-0.25, -0.2) is 0 Å². The number of aliphatic hydroxyl groups is 1. The van der Waals surface area contributed by atoms with Crippen molar-refractivity contribution in [1.29, 1.82) is 0 Å². The van der Waals surface area contributed by atoms with Crippen molar-refractivity contribution < 1.29 is 36.3 Å². The number of aromatic hydroxyl groups is 1. The van der Waals surface area contributed by atoms with Gasteiger partial charge in [0.05, 0.1) is 12.7 Å². The van der Waals surface area contributed by atoms with Gasteiger partial charge < -0.3 is 14.4 Å². The van der Waals surface area contributed by atoms with Crippen LogP contribution in [0.4, 0.5) is 22.0 Å². The zero-order chi connectivity index (χ0) is 29.7. The maximum absolute atomic E-state index is 12.9. The lowest BCUT2D eigenvalue weighted by Gasteiger charge is -2.53. The molecule has 4 rings (SSSR count). The zero-order valence-corrected chi connectivity index (χ0v) is 25.1. The molecule has 2 fully saturated rings. The first kappa shape index (κ1) is 32.8. The van der Waals surface area contributed by atoms with Crippen molar-refractivity contribution in [3.05, 3.63) is 29.3 Å². The molecule has 0 radical (unpaired) electrons. The van der Waals surface area contributed by atoms with E-state index in [9.17, 15) is 32.2 Å². The highest BCUT2D eigenvalue weighted by Crippen LogP contribution is 2.62. The van der Waals surface area contributed by atoms with Crippen LogP contribution < -0.4 is 0 Å². The summed E-state index contributed by atoms with van der Waals surface area (Å²) in [5.74, 6) is -1.25. The first-order valence-electron chi connectivity index (χ1n) is 15.6. The molecule has 6 unspecified atom stereocenters. The van der Waals surface area contributed by atoms with Crippen LogP contribution in [-0.4, -0.2) is 40.8 Å². The lowest BCUT2D eigenvalue weighted by Crippen LogP contribution is -2.47. The zero-order valence-electron chi connectivity index (χ0n) is 24.2. The summed E-state index contributed by atoms with van der Waals surface area (Å²) >= 11 is 1.15. The Labute approximate surface area is 246 Å². The molecular formula is C32H47F5O3S. The fourth-order valence-corrected chi connectivity index (χ4v) is 8.77. The second-order valence-electron chi connectivity index (χ2n) is 13.0. The molecule has 0 aliphatic heterocycles. The maximum atomic E-state index is 12.9. The fourth-order valence-electron chi connectivity index (χ4n) is 8.10. The summed E-state index contributed by atoms with van der Waals surface area (Å²) in [5, 5.41) is 21.0. The van der Waals surface area contributed by atoms with E-state index in [1.165, 1.54) is 43.2 Å². The first-order chi connectivity index (χ1) is 19.4. The number of hydrogen-bond donors (Lipinski definition) is 2. The number of aliphatic hydroxyl groups excluding tert-OH is 1. The summed E-state index contributed by atoms with van der Waals surface area (Å²) < 4.78 is 67.3. The highest BCUT2D eigenvalue weighted by Gasteiger charge is 2.57. The molecule has 1 aromatic rings. The van der Waals surface area contributed by atoms with E-state index in [2.05, 4.69) is 13.0 Å². The van der Waals surface area contributed by atoms with Crippen LogP contribution in [0, 0.1) is 23.2 Å². The predicted octanol–water partition coefficient (Wildman–Crippen LogP) is 9.60. The first-order valence-corrected chi connectivity index (χ1v) is 16.5. The van der Waals surface area contributed by atoms with Crippen molar-refractivity contribution in [1.82, 2.24) is 0 Å². The molecular weight excluding hydrogens is 559 g/mol. The summed E-state index contributed by atoms with van der Waals surface area (Å²) in [6.45, 7) is 2.21. The number of alkyl halides is 5. The monoisotopic (exact) mass is 606 g/mol. The molecule has 0 aromatic heterocycles. The number of unbranched alkanes of at least 4 members (excludes halogenated alkanes) is 6. The Morgan fingerprint density at radius 3 is 2.39 bits per heavy atom. The summed E-state index contributed by atoms with van der Waals surface area (Å²) in [5.41, 5.74) is 2.79. The van der Waals surface area contributed by atoms with Crippen LogP contribution in [0.2, 0.25) is 0 Å². The number of hydrogen-bond acceptors (Lipinski definition) is 4. The highest BCUT2D eigenvalue weighted by molar-refractivity contribution is 7.94. The molecule has 2 saturated carbocycles. The van der Waals surface area contributed by atoms with Crippen LogP contribution in [-0.2, 0) is 10.6 Å². The average Bonchev–Trinajstić information content (AvgIpc) is 3.21. The molecule has 0 amide bonds. The summed E-state index contributed by atoms with van der Waals surface area (Å²) in [6, 6.07) is 5.97. The molecule has 0 bridgehead atoms. The largest absolute Gasteiger partial charge is 0.508 e. The van der Waals surface area contributed by atoms with Crippen LogP contribution in [0.25, 0.3) is 0 Å². The Bertz CT molecular complexity index is 973. The van der Waals surface area contributed by atoms with Gasteiger partial charge in [0.25, 0.3) is 0 Å². The van der Waals surface area contributed by atoms with Gasteiger partial charge in [0.2, 0.25) is 0 Å². The van der Waals surface area contributed by atoms with Gasteiger partial charge in [-0.15, -0.1) is 0 Å². The molecule has 0 saturated heterocycles. The highest BCUT2D eigenvalue weighted by atomic mass is 32.2. The molecule has 9 heteroatoms. The number of halogens is 5. The molecule has 2 N–H and O–H groups in total. The minimum Gasteiger partial charge on any atom is -0.508 e. The third kappa shape index (κ3) is 7.91. The van der Waals surface area contributed by atoms with Crippen molar-refractivity contribution in [2.24, 2.45) is 23.2 Å². The molecule has 3 aliphatic rings. The maximum Gasteiger partial charge on any atom is 0.453 e. The Morgan fingerprint density at radius 1 is 0.951 bits per heavy atom. The Kier molecular flexibility index (Phi) is 11.3. The fraction of sp³-hybridized carbons (Fsp3) is 0.812. The predicted molar refractivity (Wildman–Crippen MR) is 153 cm³/mol. The van der Waals surface area contributed by atoms with Gasteiger partial charge in [0.15, 0.2) is 0 Å². The molecule has 3 nitrogen and oxygen atoms in total. The Hall–Kier alpha value is -1.06. The number of benzene rings is 1. The van der Waals surface area contributed by atoms with Crippen LogP contribution in [0.1, 0.15) is 114 Å².